The van der Waals surface area contributed by atoms with E-state index in [-0.39, 0.29) is 30.5 Å². The monoisotopic (exact) mass is 316 g/mol. The van der Waals surface area contributed by atoms with Gasteiger partial charge in [0.05, 0.1) is 11.5 Å². The van der Waals surface area contributed by atoms with Gasteiger partial charge in [-0.1, -0.05) is 19.1 Å². The Labute approximate surface area is 130 Å². The summed E-state index contributed by atoms with van der Waals surface area (Å²) >= 11 is 0. The highest BCUT2D eigenvalue weighted by Gasteiger charge is 2.17. The Hall–Kier alpha value is -1.86. The number of carbonyl (C=O) groups excluding carboxylic acids is 1. The van der Waals surface area contributed by atoms with Crippen LogP contribution in [0.15, 0.2) is 24.3 Å². The number of likely N-dealkylation sites (N-methyl/N-ethyl adjacent to an activating group) is 2. The summed E-state index contributed by atoms with van der Waals surface area (Å²) in [6.07, 6.45) is 0. The molecule has 118 valence electrons. The number of nitro groups is 1. The zero-order valence-electron chi connectivity index (χ0n) is 12.2. The number of para-hydroxylation sites is 2. The van der Waals surface area contributed by atoms with Gasteiger partial charge in [0, 0.05) is 26.2 Å². The maximum atomic E-state index is 11.7. The number of nitro benzene ring substituents is 1. The molecular weight excluding hydrogens is 296 g/mol. The normalized spacial score (nSPS) is 9.62. The van der Waals surface area contributed by atoms with Gasteiger partial charge in [0.2, 0.25) is 5.91 Å². The molecule has 0 fully saturated rings. The first kappa shape index (κ1) is 19.1. The van der Waals surface area contributed by atoms with Crippen LogP contribution in [0.5, 0.6) is 0 Å². The van der Waals surface area contributed by atoms with Gasteiger partial charge in [0.1, 0.15) is 5.69 Å². The summed E-state index contributed by atoms with van der Waals surface area (Å²) in [7, 11) is 1.66. The molecule has 0 atom stereocenters. The number of nitrogens with one attached hydrogen (secondary N) is 2. The SMILES string of the molecule is CCNCCNC(=O)CN(C)c1ccccc1[N+](=O)[O-].Cl. The lowest BCUT2D eigenvalue weighted by atomic mass is 10.2. The molecule has 2 N–H and O–H groups in total. The summed E-state index contributed by atoms with van der Waals surface area (Å²) in [5.41, 5.74) is 0.426. The van der Waals surface area contributed by atoms with Crippen molar-refractivity contribution in [2.45, 2.75) is 6.92 Å². The van der Waals surface area contributed by atoms with E-state index < -0.39 is 4.92 Å². The van der Waals surface area contributed by atoms with Crippen molar-refractivity contribution < 1.29 is 9.72 Å². The zero-order chi connectivity index (χ0) is 15.0. The predicted molar refractivity (Wildman–Crippen MR) is 85.2 cm³/mol. The Kier molecular flexibility index (Phi) is 9.07. The van der Waals surface area contributed by atoms with Crippen LogP contribution in [-0.4, -0.2) is 44.1 Å². The van der Waals surface area contributed by atoms with Crippen LogP contribution in [0, 0.1) is 10.1 Å². The van der Waals surface area contributed by atoms with Crippen molar-refractivity contribution >= 4 is 29.7 Å². The highest BCUT2D eigenvalue weighted by atomic mass is 35.5. The molecule has 8 heteroatoms. The number of amides is 1. The van der Waals surface area contributed by atoms with Crippen molar-refractivity contribution in [3.8, 4) is 0 Å². The lowest BCUT2D eigenvalue weighted by molar-refractivity contribution is -0.384. The number of carbonyl (C=O) groups is 1. The van der Waals surface area contributed by atoms with Crippen LogP contribution in [0.3, 0.4) is 0 Å². The van der Waals surface area contributed by atoms with Gasteiger partial charge < -0.3 is 15.5 Å². The Morgan fingerprint density at radius 1 is 1.33 bits per heavy atom. The zero-order valence-corrected chi connectivity index (χ0v) is 13.0. The van der Waals surface area contributed by atoms with E-state index in [4.69, 9.17) is 0 Å². The molecule has 0 saturated heterocycles. The number of rotatable bonds is 8. The van der Waals surface area contributed by atoms with Crippen molar-refractivity contribution in [2.24, 2.45) is 0 Å². The van der Waals surface area contributed by atoms with Gasteiger partial charge in [-0.2, -0.15) is 0 Å². The molecule has 0 aliphatic heterocycles. The summed E-state index contributed by atoms with van der Waals surface area (Å²) < 4.78 is 0. The Bertz CT molecular complexity index is 470. The van der Waals surface area contributed by atoms with E-state index in [2.05, 4.69) is 10.6 Å². The van der Waals surface area contributed by atoms with Gasteiger partial charge in [0.25, 0.3) is 5.69 Å². The standard InChI is InChI=1S/C13H20N4O3.ClH/c1-3-14-8-9-15-13(18)10-16(2)11-6-4-5-7-12(11)17(19)20;/h4-7,14H,3,8-10H2,1-2H3,(H,15,18);1H. The van der Waals surface area contributed by atoms with Gasteiger partial charge in [0.15, 0.2) is 0 Å². The maximum absolute atomic E-state index is 11.7. The fraction of sp³-hybridized carbons (Fsp3) is 0.462. The molecule has 0 bridgehead atoms. The molecule has 0 spiro atoms. The first-order valence-electron chi connectivity index (χ1n) is 6.48. The van der Waals surface area contributed by atoms with E-state index in [0.29, 0.717) is 18.8 Å². The highest BCUT2D eigenvalue weighted by molar-refractivity contribution is 5.85. The van der Waals surface area contributed by atoms with E-state index in [1.54, 1.807) is 30.1 Å². The number of hydrogen-bond acceptors (Lipinski definition) is 5. The van der Waals surface area contributed by atoms with E-state index in [1.165, 1.54) is 6.07 Å². The highest BCUT2D eigenvalue weighted by Crippen LogP contribution is 2.26. The lowest BCUT2D eigenvalue weighted by Crippen LogP contribution is -2.38. The first-order chi connectivity index (χ1) is 9.56. The van der Waals surface area contributed by atoms with Gasteiger partial charge in [-0.05, 0) is 12.6 Å². The third-order valence-corrected chi connectivity index (χ3v) is 2.74. The lowest BCUT2D eigenvalue weighted by Gasteiger charge is -2.18. The summed E-state index contributed by atoms with van der Waals surface area (Å²) in [5.74, 6) is -0.163. The molecule has 1 aromatic carbocycles. The number of halogens is 1. The number of hydrogen-bond donors (Lipinski definition) is 2. The predicted octanol–water partition coefficient (Wildman–Crippen LogP) is 1.18. The molecule has 0 radical (unpaired) electrons. The molecule has 0 aliphatic rings. The molecule has 1 aromatic rings. The van der Waals surface area contributed by atoms with E-state index >= 15 is 0 Å². The largest absolute Gasteiger partial charge is 0.360 e. The average molecular weight is 317 g/mol. The molecular formula is C13H21ClN4O3. The Morgan fingerprint density at radius 2 is 2.00 bits per heavy atom. The number of anilines is 1. The van der Waals surface area contributed by atoms with Crippen molar-refractivity contribution in [2.75, 3.05) is 38.1 Å². The van der Waals surface area contributed by atoms with Crippen molar-refractivity contribution in [3.05, 3.63) is 34.4 Å². The third kappa shape index (κ3) is 6.42. The van der Waals surface area contributed by atoms with Crippen LogP contribution in [0.25, 0.3) is 0 Å². The Balaban J connectivity index is 0.00000400. The van der Waals surface area contributed by atoms with Gasteiger partial charge >= 0.3 is 0 Å². The minimum absolute atomic E-state index is 0. The van der Waals surface area contributed by atoms with E-state index in [0.717, 1.165) is 6.54 Å². The quantitative estimate of drug-likeness (QED) is 0.427. The summed E-state index contributed by atoms with van der Waals surface area (Å²) in [4.78, 5) is 23.8. The van der Waals surface area contributed by atoms with Crippen LogP contribution in [-0.2, 0) is 4.79 Å². The molecule has 1 rings (SSSR count). The second-order valence-corrected chi connectivity index (χ2v) is 4.31. The molecule has 0 aliphatic carbocycles. The minimum Gasteiger partial charge on any atom is -0.360 e. The smallest absolute Gasteiger partial charge is 0.292 e. The van der Waals surface area contributed by atoms with Gasteiger partial charge in [-0.25, -0.2) is 0 Å². The fourth-order valence-electron chi connectivity index (χ4n) is 1.76. The molecule has 21 heavy (non-hydrogen) atoms. The minimum atomic E-state index is -0.449. The van der Waals surface area contributed by atoms with Crippen molar-refractivity contribution in [1.82, 2.24) is 10.6 Å². The van der Waals surface area contributed by atoms with E-state index in [9.17, 15) is 14.9 Å². The third-order valence-electron chi connectivity index (χ3n) is 2.74. The number of benzene rings is 1. The molecule has 0 unspecified atom stereocenters. The van der Waals surface area contributed by atoms with Crippen LogP contribution in [0.1, 0.15) is 6.92 Å². The topological polar surface area (TPSA) is 87.5 Å². The molecule has 1 amide bonds. The molecule has 0 aromatic heterocycles. The van der Waals surface area contributed by atoms with Crippen LogP contribution < -0.4 is 15.5 Å². The van der Waals surface area contributed by atoms with Crippen LogP contribution in [0.4, 0.5) is 11.4 Å². The molecule has 0 heterocycles. The Morgan fingerprint density at radius 3 is 2.62 bits per heavy atom. The maximum Gasteiger partial charge on any atom is 0.292 e. The molecule has 7 nitrogen and oxygen atoms in total. The summed E-state index contributed by atoms with van der Waals surface area (Å²) in [6.45, 7) is 4.17. The van der Waals surface area contributed by atoms with Gasteiger partial charge in [-0.3, -0.25) is 14.9 Å². The average Bonchev–Trinajstić information content (AvgIpc) is 2.43. The fourth-order valence-corrected chi connectivity index (χ4v) is 1.76. The van der Waals surface area contributed by atoms with Crippen LogP contribution in [0.2, 0.25) is 0 Å². The summed E-state index contributed by atoms with van der Waals surface area (Å²) in [5, 5.41) is 16.8. The van der Waals surface area contributed by atoms with Crippen molar-refractivity contribution in [1.29, 1.82) is 0 Å². The number of nitrogens with zero attached hydrogens (tertiary/aromatic N) is 2. The van der Waals surface area contributed by atoms with Gasteiger partial charge in [-0.15, -0.1) is 12.4 Å². The second-order valence-electron chi connectivity index (χ2n) is 4.31. The van der Waals surface area contributed by atoms with Crippen molar-refractivity contribution in [3.63, 3.8) is 0 Å². The molecule has 0 saturated carbocycles. The summed E-state index contributed by atoms with van der Waals surface area (Å²) in [6, 6.07) is 6.37. The van der Waals surface area contributed by atoms with E-state index in [1.807, 2.05) is 6.92 Å². The van der Waals surface area contributed by atoms with Crippen LogP contribution >= 0.6 is 12.4 Å². The second kappa shape index (κ2) is 9.95. The first-order valence-corrected chi connectivity index (χ1v) is 6.48.